The van der Waals surface area contributed by atoms with Gasteiger partial charge in [-0.15, -0.1) is 0 Å². The normalized spacial score (nSPS) is 11.5. The molecule has 0 saturated heterocycles. The van der Waals surface area contributed by atoms with E-state index in [1.54, 1.807) is 6.07 Å². The minimum atomic E-state index is -4.28. The van der Waals surface area contributed by atoms with Crippen molar-refractivity contribution in [2.45, 2.75) is 19.3 Å². The molecule has 2 aromatic carbocycles. The number of hydrogen-bond acceptors (Lipinski definition) is 0. The Hall–Kier alpha value is -1.81. The van der Waals surface area contributed by atoms with Crippen LogP contribution in [0.3, 0.4) is 0 Å². The summed E-state index contributed by atoms with van der Waals surface area (Å²) in [5.74, 6) is 0. The third-order valence-corrected chi connectivity index (χ3v) is 2.91. The van der Waals surface area contributed by atoms with E-state index in [9.17, 15) is 13.2 Å². The van der Waals surface area contributed by atoms with Crippen LogP contribution in [0.4, 0.5) is 13.2 Å². The summed E-state index contributed by atoms with van der Waals surface area (Å²) < 4.78 is 38.4. The molecular weight excluding hydrogens is 251 g/mol. The molecular formula is C15H15F3N+. The fourth-order valence-electron chi connectivity index (χ4n) is 1.98. The maximum atomic E-state index is 12.8. The molecule has 0 heterocycles. The number of nitrogens with two attached hydrogens (primary N) is 1. The van der Waals surface area contributed by atoms with E-state index in [-0.39, 0.29) is 0 Å². The third kappa shape index (κ3) is 3.83. The second kappa shape index (κ2) is 5.89. The molecule has 1 nitrogen and oxygen atoms in total. The molecule has 0 aromatic heterocycles. The maximum absolute atomic E-state index is 12.8. The molecule has 4 heteroatoms. The van der Waals surface area contributed by atoms with Gasteiger partial charge >= 0.3 is 6.18 Å². The van der Waals surface area contributed by atoms with Gasteiger partial charge in [-0.25, -0.2) is 0 Å². The van der Waals surface area contributed by atoms with Crippen molar-refractivity contribution in [3.05, 3.63) is 71.3 Å². The van der Waals surface area contributed by atoms with Crippen LogP contribution in [0.25, 0.3) is 0 Å². The van der Waals surface area contributed by atoms with E-state index in [1.165, 1.54) is 12.1 Å². The van der Waals surface area contributed by atoms with Crippen molar-refractivity contribution in [2.24, 2.45) is 0 Å². The van der Waals surface area contributed by atoms with Gasteiger partial charge in [0.05, 0.1) is 5.56 Å². The first-order chi connectivity index (χ1) is 9.07. The van der Waals surface area contributed by atoms with Crippen LogP contribution in [0.2, 0.25) is 0 Å². The van der Waals surface area contributed by atoms with Crippen molar-refractivity contribution in [3.63, 3.8) is 0 Å². The molecule has 2 rings (SSSR count). The van der Waals surface area contributed by atoms with Gasteiger partial charge in [0.15, 0.2) is 0 Å². The Morgan fingerprint density at radius 2 is 1.42 bits per heavy atom. The van der Waals surface area contributed by atoms with Gasteiger partial charge in [0.1, 0.15) is 13.1 Å². The minimum Gasteiger partial charge on any atom is -0.339 e. The van der Waals surface area contributed by atoms with Crippen molar-refractivity contribution in [1.29, 1.82) is 0 Å². The molecule has 2 N–H and O–H groups in total. The predicted molar refractivity (Wildman–Crippen MR) is 67.2 cm³/mol. The van der Waals surface area contributed by atoms with Gasteiger partial charge in [-0.05, 0) is 6.07 Å². The van der Waals surface area contributed by atoms with Gasteiger partial charge in [0.2, 0.25) is 0 Å². The molecule has 0 bridgehead atoms. The van der Waals surface area contributed by atoms with Crippen molar-refractivity contribution in [2.75, 3.05) is 0 Å². The Morgan fingerprint density at radius 1 is 0.789 bits per heavy atom. The first kappa shape index (κ1) is 13.6. The van der Waals surface area contributed by atoms with Gasteiger partial charge < -0.3 is 5.32 Å². The number of benzene rings is 2. The summed E-state index contributed by atoms with van der Waals surface area (Å²) in [6, 6.07) is 15.4. The summed E-state index contributed by atoms with van der Waals surface area (Å²) in [5.41, 5.74) is 0.886. The molecule has 100 valence electrons. The fourth-order valence-corrected chi connectivity index (χ4v) is 1.98. The van der Waals surface area contributed by atoms with Gasteiger partial charge in [-0.2, -0.15) is 13.2 Å². The van der Waals surface area contributed by atoms with E-state index >= 15 is 0 Å². The van der Waals surface area contributed by atoms with Crippen LogP contribution in [0.1, 0.15) is 16.7 Å². The lowest BCUT2D eigenvalue weighted by Crippen LogP contribution is -2.80. The van der Waals surface area contributed by atoms with Gasteiger partial charge in [0, 0.05) is 11.1 Å². The average molecular weight is 266 g/mol. The summed E-state index contributed by atoms with van der Waals surface area (Å²) in [5, 5.41) is 1.87. The highest BCUT2D eigenvalue weighted by atomic mass is 19.4. The number of alkyl halides is 3. The van der Waals surface area contributed by atoms with Crippen LogP contribution < -0.4 is 5.32 Å². The van der Waals surface area contributed by atoms with Crippen LogP contribution in [-0.4, -0.2) is 0 Å². The van der Waals surface area contributed by atoms with Crippen molar-refractivity contribution < 1.29 is 18.5 Å². The minimum absolute atomic E-state index is 0.324. The van der Waals surface area contributed by atoms with Crippen LogP contribution in [0, 0.1) is 0 Å². The molecule has 0 spiro atoms. The van der Waals surface area contributed by atoms with Crippen molar-refractivity contribution >= 4 is 0 Å². The molecule has 0 unspecified atom stereocenters. The largest absolute Gasteiger partial charge is 0.416 e. The maximum Gasteiger partial charge on any atom is 0.416 e. The monoisotopic (exact) mass is 266 g/mol. The van der Waals surface area contributed by atoms with Gasteiger partial charge in [-0.3, -0.25) is 0 Å². The highest BCUT2D eigenvalue weighted by Crippen LogP contribution is 2.31. The molecule has 0 amide bonds. The van der Waals surface area contributed by atoms with Crippen molar-refractivity contribution in [1.82, 2.24) is 0 Å². The number of quaternary nitrogens is 1. The summed E-state index contributed by atoms with van der Waals surface area (Å²) in [6.45, 7) is 0.998. The number of halogens is 3. The molecule has 0 saturated carbocycles. The lowest BCUT2D eigenvalue weighted by atomic mass is 10.1. The van der Waals surface area contributed by atoms with E-state index in [1.807, 2.05) is 35.6 Å². The Balaban J connectivity index is 2.00. The second-order valence-corrected chi connectivity index (χ2v) is 4.34. The molecule has 0 fully saturated rings. The van der Waals surface area contributed by atoms with Crippen LogP contribution in [0.15, 0.2) is 54.6 Å². The molecule has 0 atom stereocenters. The molecule has 0 aliphatic rings. The Labute approximate surface area is 110 Å². The zero-order valence-electron chi connectivity index (χ0n) is 10.3. The SMILES string of the molecule is FC(F)(F)c1ccccc1C[NH2+]Cc1ccccc1. The molecule has 2 aromatic rings. The van der Waals surface area contributed by atoms with Crippen LogP contribution in [-0.2, 0) is 19.3 Å². The predicted octanol–water partition coefficient (Wildman–Crippen LogP) is 2.97. The summed E-state index contributed by atoms with van der Waals surface area (Å²) in [4.78, 5) is 0. The standard InChI is InChI=1S/C15H14F3N/c16-15(17,18)14-9-5-4-8-13(14)11-19-10-12-6-2-1-3-7-12/h1-9,19H,10-11H2/p+1. The topological polar surface area (TPSA) is 16.6 Å². The summed E-state index contributed by atoms with van der Waals surface area (Å²) >= 11 is 0. The molecule has 0 aliphatic carbocycles. The Kier molecular flexibility index (Phi) is 4.22. The first-order valence-electron chi connectivity index (χ1n) is 6.08. The van der Waals surface area contributed by atoms with Crippen LogP contribution >= 0.6 is 0 Å². The molecule has 0 radical (unpaired) electrons. The lowest BCUT2D eigenvalue weighted by molar-refractivity contribution is -0.686. The third-order valence-electron chi connectivity index (χ3n) is 2.91. The smallest absolute Gasteiger partial charge is 0.339 e. The highest BCUT2D eigenvalue weighted by Gasteiger charge is 2.33. The van der Waals surface area contributed by atoms with E-state index in [4.69, 9.17) is 0 Å². The summed E-state index contributed by atoms with van der Waals surface area (Å²) in [7, 11) is 0. The van der Waals surface area contributed by atoms with Gasteiger partial charge in [0.25, 0.3) is 0 Å². The van der Waals surface area contributed by atoms with E-state index < -0.39 is 11.7 Å². The highest BCUT2D eigenvalue weighted by molar-refractivity contribution is 5.28. The van der Waals surface area contributed by atoms with Crippen LogP contribution in [0.5, 0.6) is 0 Å². The number of rotatable bonds is 4. The van der Waals surface area contributed by atoms with Crippen molar-refractivity contribution in [3.8, 4) is 0 Å². The second-order valence-electron chi connectivity index (χ2n) is 4.34. The number of hydrogen-bond donors (Lipinski definition) is 1. The molecule has 19 heavy (non-hydrogen) atoms. The fraction of sp³-hybridized carbons (Fsp3) is 0.200. The quantitative estimate of drug-likeness (QED) is 0.876. The van der Waals surface area contributed by atoms with Gasteiger partial charge in [-0.1, -0.05) is 48.5 Å². The zero-order chi connectivity index (χ0) is 13.7. The van der Waals surface area contributed by atoms with E-state index in [0.29, 0.717) is 18.7 Å². The van der Waals surface area contributed by atoms with E-state index in [0.717, 1.165) is 11.6 Å². The average Bonchev–Trinajstić information content (AvgIpc) is 2.39. The zero-order valence-corrected chi connectivity index (χ0v) is 10.3. The first-order valence-corrected chi connectivity index (χ1v) is 6.08. The Bertz CT molecular complexity index is 520. The lowest BCUT2D eigenvalue weighted by Gasteiger charge is -2.11. The molecule has 0 aliphatic heterocycles. The Morgan fingerprint density at radius 3 is 2.11 bits per heavy atom. The summed E-state index contributed by atoms with van der Waals surface area (Å²) in [6.07, 6.45) is -4.28. The van der Waals surface area contributed by atoms with E-state index in [2.05, 4.69) is 0 Å².